The van der Waals surface area contributed by atoms with E-state index < -0.39 is 5.91 Å². The first kappa shape index (κ1) is 22.6. The van der Waals surface area contributed by atoms with Gasteiger partial charge in [-0.15, -0.1) is 0 Å². The fraction of sp³-hybridized carbons (Fsp3) is 0.320. The van der Waals surface area contributed by atoms with Crippen LogP contribution in [0.3, 0.4) is 0 Å². The second-order valence-electron chi connectivity index (χ2n) is 8.16. The molecule has 0 saturated carbocycles. The zero-order valence-corrected chi connectivity index (χ0v) is 18.3. The van der Waals surface area contributed by atoms with E-state index in [0.29, 0.717) is 11.8 Å². The van der Waals surface area contributed by atoms with Crippen LogP contribution in [0.25, 0.3) is 17.0 Å². The first-order valence-electron chi connectivity index (χ1n) is 10.6. The minimum Gasteiger partial charge on any atom is -0.497 e. The summed E-state index contributed by atoms with van der Waals surface area (Å²) in [5, 5.41) is 13.4. The molecule has 2 aromatic carbocycles. The summed E-state index contributed by atoms with van der Waals surface area (Å²) in [5.74, 6) is 1.31. The molecule has 1 atom stereocenters. The third-order valence-electron chi connectivity index (χ3n) is 5.35. The van der Waals surface area contributed by atoms with Crippen LogP contribution in [0.2, 0.25) is 0 Å². The van der Waals surface area contributed by atoms with E-state index in [9.17, 15) is 4.79 Å². The zero-order valence-electron chi connectivity index (χ0n) is 18.3. The average Bonchev–Trinajstić information content (AvgIpc) is 3.20. The van der Waals surface area contributed by atoms with Crippen LogP contribution in [0.5, 0.6) is 5.75 Å². The Labute approximate surface area is 183 Å². The lowest BCUT2D eigenvalue weighted by Gasteiger charge is -2.20. The number of hydrogen-bond acceptors (Lipinski definition) is 4. The van der Waals surface area contributed by atoms with Gasteiger partial charge in [0.2, 0.25) is 0 Å². The van der Waals surface area contributed by atoms with E-state index in [2.05, 4.69) is 36.4 Å². The highest BCUT2D eigenvalue weighted by Gasteiger charge is 2.17. The molecule has 1 unspecified atom stereocenters. The van der Waals surface area contributed by atoms with Gasteiger partial charge in [0, 0.05) is 42.3 Å². The molecule has 3 rings (SSSR count). The van der Waals surface area contributed by atoms with Crippen molar-refractivity contribution >= 4 is 22.9 Å². The molecule has 0 aliphatic carbocycles. The molecular weight excluding hydrogens is 390 g/mol. The standard InChI is InChI=1S/C25H31N3O3/c1-17(2)12-20(23-16-27-24-13-21(31-3)9-10-22(23)24)15-26-14-19-6-4-18(5-7-19)8-11-25(29)28-30/h4-11,13,16-17,20,26-27,30H,12,14-15H2,1-3H3,(H,28,29)/b11-8+. The lowest BCUT2D eigenvalue weighted by Crippen LogP contribution is -2.22. The van der Waals surface area contributed by atoms with Gasteiger partial charge in [-0.2, -0.15) is 0 Å². The van der Waals surface area contributed by atoms with Crippen molar-refractivity contribution in [2.75, 3.05) is 13.7 Å². The predicted octanol–water partition coefficient (Wildman–Crippen LogP) is 4.61. The summed E-state index contributed by atoms with van der Waals surface area (Å²) >= 11 is 0. The van der Waals surface area contributed by atoms with Crippen molar-refractivity contribution in [3.63, 3.8) is 0 Å². The summed E-state index contributed by atoms with van der Waals surface area (Å²) in [5.41, 5.74) is 6.09. The predicted molar refractivity (Wildman–Crippen MR) is 124 cm³/mol. The molecule has 0 fully saturated rings. The average molecular weight is 422 g/mol. The van der Waals surface area contributed by atoms with Crippen LogP contribution in [-0.2, 0) is 11.3 Å². The molecule has 164 valence electrons. The normalized spacial score (nSPS) is 12.5. The molecule has 0 saturated heterocycles. The molecular formula is C25H31N3O3. The van der Waals surface area contributed by atoms with Crippen molar-refractivity contribution in [3.8, 4) is 5.75 Å². The Balaban J connectivity index is 1.65. The van der Waals surface area contributed by atoms with Gasteiger partial charge in [0.25, 0.3) is 5.91 Å². The highest BCUT2D eigenvalue weighted by Crippen LogP contribution is 2.31. The number of aromatic nitrogens is 1. The third kappa shape index (κ3) is 6.20. The second kappa shape index (κ2) is 10.8. The Morgan fingerprint density at radius 3 is 2.65 bits per heavy atom. The maximum Gasteiger partial charge on any atom is 0.267 e. The van der Waals surface area contributed by atoms with Gasteiger partial charge in [0.15, 0.2) is 0 Å². The summed E-state index contributed by atoms with van der Waals surface area (Å²) in [6, 6.07) is 14.2. The van der Waals surface area contributed by atoms with Gasteiger partial charge in [-0.05, 0) is 53.2 Å². The first-order valence-corrected chi connectivity index (χ1v) is 10.6. The van der Waals surface area contributed by atoms with Crippen molar-refractivity contribution in [1.29, 1.82) is 0 Å². The second-order valence-corrected chi connectivity index (χ2v) is 8.16. The van der Waals surface area contributed by atoms with Gasteiger partial charge in [-0.1, -0.05) is 38.1 Å². The Bertz CT molecular complexity index is 1020. The number of hydrogen-bond donors (Lipinski definition) is 4. The SMILES string of the molecule is COc1ccc2c(C(CNCc3ccc(/C=C/C(=O)NO)cc3)CC(C)C)c[nH]c2c1. The lowest BCUT2D eigenvalue weighted by molar-refractivity contribution is -0.124. The van der Waals surface area contributed by atoms with Crippen LogP contribution in [0, 0.1) is 5.92 Å². The molecule has 4 N–H and O–H groups in total. The lowest BCUT2D eigenvalue weighted by atomic mass is 9.90. The summed E-state index contributed by atoms with van der Waals surface area (Å²) in [6.45, 7) is 6.17. The molecule has 0 radical (unpaired) electrons. The first-order chi connectivity index (χ1) is 15.0. The number of H-pyrrole nitrogens is 1. The number of carbonyl (C=O) groups excluding carboxylic acids is 1. The molecule has 3 aromatic rings. The molecule has 0 aliphatic heterocycles. The Morgan fingerprint density at radius 2 is 1.97 bits per heavy atom. The quantitative estimate of drug-likeness (QED) is 0.219. The number of carbonyl (C=O) groups is 1. The van der Waals surface area contributed by atoms with E-state index in [4.69, 9.17) is 9.94 Å². The fourth-order valence-electron chi connectivity index (χ4n) is 3.83. The number of fused-ring (bicyclic) bond motifs is 1. The molecule has 0 spiro atoms. The Hall–Kier alpha value is -3.09. The number of nitrogens with one attached hydrogen (secondary N) is 3. The van der Waals surface area contributed by atoms with E-state index in [-0.39, 0.29) is 0 Å². The maximum atomic E-state index is 11.1. The molecule has 1 heterocycles. The number of rotatable bonds is 10. The number of benzene rings is 2. The van der Waals surface area contributed by atoms with Gasteiger partial charge >= 0.3 is 0 Å². The topological polar surface area (TPSA) is 86.4 Å². The maximum absolute atomic E-state index is 11.1. The Morgan fingerprint density at radius 1 is 1.19 bits per heavy atom. The third-order valence-corrected chi connectivity index (χ3v) is 5.35. The Kier molecular flexibility index (Phi) is 7.87. The number of hydroxylamine groups is 1. The minimum absolute atomic E-state index is 0.404. The van der Waals surface area contributed by atoms with Crippen LogP contribution in [-0.4, -0.2) is 29.8 Å². The van der Waals surface area contributed by atoms with Crippen LogP contribution < -0.4 is 15.5 Å². The molecule has 1 aromatic heterocycles. The number of amides is 1. The summed E-state index contributed by atoms with van der Waals surface area (Å²) < 4.78 is 5.34. The van der Waals surface area contributed by atoms with E-state index in [1.165, 1.54) is 22.6 Å². The van der Waals surface area contributed by atoms with Crippen molar-refractivity contribution in [2.24, 2.45) is 5.92 Å². The fourth-order valence-corrected chi connectivity index (χ4v) is 3.83. The van der Waals surface area contributed by atoms with Crippen LogP contribution in [0.15, 0.2) is 54.7 Å². The molecule has 6 nitrogen and oxygen atoms in total. The summed E-state index contributed by atoms with van der Waals surface area (Å²) in [7, 11) is 1.69. The number of methoxy groups -OCH3 is 1. The molecule has 0 bridgehead atoms. The molecule has 0 aliphatic rings. The van der Waals surface area contributed by atoms with Crippen molar-refractivity contribution in [1.82, 2.24) is 15.8 Å². The van der Waals surface area contributed by atoms with Crippen molar-refractivity contribution in [2.45, 2.75) is 32.7 Å². The van der Waals surface area contributed by atoms with Gasteiger partial charge < -0.3 is 15.0 Å². The van der Waals surface area contributed by atoms with Gasteiger partial charge in [-0.3, -0.25) is 10.0 Å². The van der Waals surface area contributed by atoms with Gasteiger partial charge in [0.05, 0.1) is 7.11 Å². The van der Waals surface area contributed by atoms with Gasteiger partial charge in [-0.25, -0.2) is 5.48 Å². The molecule has 6 heteroatoms. The van der Waals surface area contributed by atoms with Crippen LogP contribution >= 0.6 is 0 Å². The zero-order chi connectivity index (χ0) is 22.2. The van der Waals surface area contributed by atoms with E-state index in [1.807, 2.05) is 36.4 Å². The van der Waals surface area contributed by atoms with Crippen molar-refractivity contribution in [3.05, 3.63) is 71.4 Å². The largest absolute Gasteiger partial charge is 0.497 e. The monoisotopic (exact) mass is 421 g/mol. The van der Waals surface area contributed by atoms with E-state index in [1.54, 1.807) is 18.7 Å². The van der Waals surface area contributed by atoms with E-state index >= 15 is 0 Å². The smallest absolute Gasteiger partial charge is 0.267 e. The highest BCUT2D eigenvalue weighted by atomic mass is 16.5. The molecule has 1 amide bonds. The van der Waals surface area contributed by atoms with E-state index in [0.717, 1.165) is 36.3 Å². The molecule has 31 heavy (non-hydrogen) atoms. The highest BCUT2D eigenvalue weighted by molar-refractivity contribution is 5.90. The van der Waals surface area contributed by atoms with Crippen LogP contribution in [0.1, 0.15) is 42.9 Å². The van der Waals surface area contributed by atoms with Crippen molar-refractivity contribution < 1.29 is 14.7 Å². The van der Waals surface area contributed by atoms with Gasteiger partial charge in [0.1, 0.15) is 5.75 Å². The minimum atomic E-state index is -0.544. The van der Waals surface area contributed by atoms with Crippen LogP contribution in [0.4, 0.5) is 0 Å². The number of aromatic amines is 1. The number of ether oxygens (including phenoxy) is 1. The summed E-state index contributed by atoms with van der Waals surface area (Å²) in [4.78, 5) is 14.5. The summed E-state index contributed by atoms with van der Waals surface area (Å²) in [6.07, 6.45) is 6.18.